The Balaban J connectivity index is 1.93. The average Bonchev–Trinajstić information content (AvgIpc) is 3.02. The lowest BCUT2D eigenvalue weighted by molar-refractivity contribution is -0.113. The van der Waals surface area contributed by atoms with Gasteiger partial charge in [0.2, 0.25) is 0 Å². The summed E-state index contributed by atoms with van der Waals surface area (Å²) in [7, 11) is 0. The predicted molar refractivity (Wildman–Crippen MR) is 80.9 cm³/mol. The van der Waals surface area contributed by atoms with Gasteiger partial charge in [-0.2, -0.15) is 0 Å². The highest BCUT2D eigenvalue weighted by Crippen LogP contribution is 2.35. The van der Waals surface area contributed by atoms with Crippen LogP contribution in [0, 0.1) is 5.41 Å². The van der Waals surface area contributed by atoms with Gasteiger partial charge in [0.15, 0.2) is 5.17 Å². The van der Waals surface area contributed by atoms with E-state index in [1.807, 2.05) is 0 Å². The molecular weight excluding hydrogens is 296 g/mol. The Morgan fingerprint density at radius 3 is 2.65 bits per heavy atom. The molecule has 1 saturated heterocycles. The van der Waals surface area contributed by atoms with Crippen LogP contribution in [0.5, 0.6) is 0 Å². The van der Waals surface area contributed by atoms with Gasteiger partial charge in [-0.15, -0.1) is 0 Å². The molecule has 0 bridgehead atoms. The number of thioether (sulfide) groups is 1. The number of nitrogens with zero attached hydrogens (tertiary/aromatic N) is 1. The van der Waals surface area contributed by atoms with Crippen LogP contribution in [0.2, 0.25) is 5.02 Å². The second-order valence-corrected chi connectivity index (χ2v) is 5.52. The van der Waals surface area contributed by atoms with Crippen molar-refractivity contribution in [1.29, 1.82) is 5.41 Å². The number of nitrogens with one attached hydrogen (secondary N) is 1. The maximum absolute atomic E-state index is 12.3. The van der Waals surface area contributed by atoms with Crippen LogP contribution >= 0.6 is 23.4 Å². The molecule has 1 amide bonds. The molecule has 0 unspecified atom stereocenters. The fourth-order valence-electron chi connectivity index (χ4n) is 1.81. The summed E-state index contributed by atoms with van der Waals surface area (Å²) >= 11 is 6.94. The number of amides is 1. The molecule has 100 valence electrons. The van der Waals surface area contributed by atoms with Gasteiger partial charge in [0, 0.05) is 11.1 Å². The van der Waals surface area contributed by atoms with E-state index < -0.39 is 0 Å². The van der Waals surface area contributed by atoms with E-state index in [1.54, 1.807) is 48.7 Å². The molecule has 0 spiro atoms. The Hall–Kier alpha value is -1.98. The van der Waals surface area contributed by atoms with Crippen molar-refractivity contribution < 1.29 is 9.21 Å². The van der Waals surface area contributed by atoms with Gasteiger partial charge < -0.3 is 4.42 Å². The number of hydrogen-bond donors (Lipinski definition) is 1. The van der Waals surface area contributed by atoms with Crippen LogP contribution in [0.1, 0.15) is 5.76 Å². The number of anilines is 1. The highest BCUT2D eigenvalue weighted by atomic mass is 35.5. The van der Waals surface area contributed by atoms with E-state index in [2.05, 4.69) is 0 Å². The molecule has 2 aromatic rings. The minimum atomic E-state index is -0.237. The fraction of sp³-hybridized carbons (Fsp3) is 0. The van der Waals surface area contributed by atoms with Crippen molar-refractivity contribution in [1.82, 2.24) is 0 Å². The molecule has 0 radical (unpaired) electrons. The van der Waals surface area contributed by atoms with Crippen LogP contribution in [0.4, 0.5) is 5.69 Å². The fourth-order valence-corrected chi connectivity index (χ4v) is 2.78. The van der Waals surface area contributed by atoms with Crippen molar-refractivity contribution >= 4 is 46.2 Å². The Morgan fingerprint density at radius 2 is 2.00 bits per heavy atom. The normalized spacial score (nSPS) is 17.2. The minimum absolute atomic E-state index is 0.162. The number of benzene rings is 1. The predicted octanol–water partition coefficient (Wildman–Crippen LogP) is 3.99. The molecule has 3 rings (SSSR count). The summed E-state index contributed by atoms with van der Waals surface area (Å²) in [5.41, 5.74) is 0.625. The van der Waals surface area contributed by atoms with Gasteiger partial charge in [0.1, 0.15) is 5.76 Å². The average molecular weight is 305 g/mol. The van der Waals surface area contributed by atoms with Crippen LogP contribution in [0.25, 0.3) is 6.08 Å². The summed E-state index contributed by atoms with van der Waals surface area (Å²) in [6.45, 7) is 0. The molecule has 1 fully saturated rings. The number of furan rings is 1. The quantitative estimate of drug-likeness (QED) is 0.853. The number of halogens is 1. The Morgan fingerprint density at radius 1 is 1.25 bits per heavy atom. The van der Waals surface area contributed by atoms with E-state index >= 15 is 0 Å². The van der Waals surface area contributed by atoms with Crippen LogP contribution in [-0.2, 0) is 4.79 Å². The molecule has 4 nitrogen and oxygen atoms in total. The van der Waals surface area contributed by atoms with Gasteiger partial charge >= 0.3 is 0 Å². The zero-order chi connectivity index (χ0) is 14.1. The van der Waals surface area contributed by atoms with Gasteiger partial charge in [-0.05, 0) is 48.2 Å². The number of hydrogen-bond acceptors (Lipinski definition) is 4. The van der Waals surface area contributed by atoms with E-state index in [4.69, 9.17) is 21.4 Å². The highest BCUT2D eigenvalue weighted by molar-refractivity contribution is 8.19. The zero-order valence-corrected chi connectivity index (χ0v) is 11.7. The molecule has 1 aromatic carbocycles. The summed E-state index contributed by atoms with van der Waals surface area (Å²) in [6, 6.07) is 10.3. The highest BCUT2D eigenvalue weighted by Gasteiger charge is 2.33. The lowest BCUT2D eigenvalue weighted by Crippen LogP contribution is -2.27. The first kappa shape index (κ1) is 13.0. The molecule has 0 atom stereocenters. The number of amidine groups is 1. The third-order valence-electron chi connectivity index (χ3n) is 2.72. The van der Waals surface area contributed by atoms with Crippen molar-refractivity contribution in [2.24, 2.45) is 0 Å². The van der Waals surface area contributed by atoms with E-state index in [-0.39, 0.29) is 11.1 Å². The molecule has 0 saturated carbocycles. The second-order valence-electron chi connectivity index (χ2n) is 4.05. The first-order chi connectivity index (χ1) is 9.65. The lowest BCUT2D eigenvalue weighted by atomic mass is 10.3. The summed E-state index contributed by atoms with van der Waals surface area (Å²) in [5.74, 6) is 0.352. The summed E-state index contributed by atoms with van der Waals surface area (Å²) < 4.78 is 5.19. The van der Waals surface area contributed by atoms with E-state index in [9.17, 15) is 4.79 Å². The first-order valence-electron chi connectivity index (χ1n) is 5.77. The van der Waals surface area contributed by atoms with Gasteiger partial charge in [-0.25, -0.2) is 0 Å². The standard InChI is InChI=1S/C14H9ClN2O2S/c15-9-3-5-10(6-4-9)17-13(18)12(20-14(17)16)8-11-2-1-7-19-11/h1-8,16H/b12-8-,16-14?. The largest absolute Gasteiger partial charge is 0.465 e. The molecule has 20 heavy (non-hydrogen) atoms. The molecule has 1 aliphatic rings. The monoisotopic (exact) mass is 304 g/mol. The van der Waals surface area contributed by atoms with Crippen LogP contribution in [0.15, 0.2) is 52.0 Å². The van der Waals surface area contributed by atoms with Crippen molar-refractivity contribution in [3.05, 3.63) is 58.3 Å². The Bertz CT molecular complexity index is 692. The van der Waals surface area contributed by atoms with Crippen LogP contribution in [0.3, 0.4) is 0 Å². The van der Waals surface area contributed by atoms with Crippen molar-refractivity contribution in [2.75, 3.05) is 4.90 Å². The molecule has 1 aromatic heterocycles. The maximum atomic E-state index is 12.3. The zero-order valence-electron chi connectivity index (χ0n) is 10.2. The minimum Gasteiger partial charge on any atom is -0.465 e. The van der Waals surface area contributed by atoms with Gasteiger partial charge in [-0.1, -0.05) is 11.6 Å². The van der Waals surface area contributed by atoms with Crippen LogP contribution in [-0.4, -0.2) is 11.1 Å². The smallest absolute Gasteiger partial charge is 0.271 e. The SMILES string of the molecule is N=C1S/C(=C\c2ccco2)C(=O)N1c1ccc(Cl)cc1. The van der Waals surface area contributed by atoms with Crippen molar-refractivity contribution in [3.63, 3.8) is 0 Å². The molecule has 1 N–H and O–H groups in total. The van der Waals surface area contributed by atoms with Crippen molar-refractivity contribution in [2.45, 2.75) is 0 Å². The van der Waals surface area contributed by atoms with Crippen LogP contribution < -0.4 is 4.90 Å². The second kappa shape index (κ2) is 5.19. The Kier molecular flexibility index (Phi) is 3.38. The molecule has 1 aliphatic heterocycles. The molecule has 6 heteroatoms. The third kappa shape index (κ3) is 2.37. The van der Waals surface area contributed by atoms with Gasteiger partial charge in [-0.3, -0.25) is 15.1 Å². The number of carbonyl (C=O) groups excluding carboxylic acids is 1. The van der Waals surface area contributed by atoms with E-state index in [0.717, 1.165) is 11.8 Å². The van der Waals surface area contributed by atoms with Gasteiger partial charge in [0.25, 0.3) is 5.91 Å². The number of carbonyl (C=O) groups is 1. The molecular formula is C14H9ClN2O2S. The lowest BCUT2D eigenvalue weighted by Gasteiger charge is -2.14. The summed E-state index contributed by atoms with van der Waals surface area (Å²) in [6.07, 6.45) is 3.18. The molecule has 0 aliphatic carbocycles. The topological polar surface area (TPSA) is 57.3 Å². The van der Waals surface area contributed by atoms with E-state index in [1.165, 1.54) is 4.90 Å². The first-order valence-corrected chi connectivity index (χ1v) is 6.96. The van der Waals surface area contributed by atoms with E-state index in [0.29, 0.717) is 21.4 Å². The Labute approximate surface area is 124 Å². The third-order valence-corrected chi connectivity index (χ3v) is 3.87. The molecule has 2 heterocycles. The van der Waals surface area contributed by atoms with Gasteiger partial charge in [0.05, 0.1) is 16.9 Å². The summed E-state index contributed by atoms with van der Waals surface area (Å²) in [4.78, 5) is 14.2. The summed E-state index contributed by atoms with van der Waals surface area (Å²) in [5, 5.41) is 8.70. The van der Waals surface area contributed by atoms with Crippen molar-refractivity contribution in [3.8, 4) is 0 Å². The maximum Gasteiger partial charge on any atom is 0.271 e. The number of rotatable bonds is 2.